The van der Waals surface area contributed by atoms with Crippen LogP contribution in [-0.2, 0) is 40.5 Å². The van der Waals surface area contributed by atoms with Crippen LogP contribution in [-0.4, -0.2) is 190 Å². The first-order valence-electron chi connectivity index (χ1n) is 14.3. The molecule has 5 aromatic carbocycles. The Kier molecular flexibility index (Phi) is 18.3. The van der Waals surface area contributed by atoms with Crippen LogP contribution in [0.5, 0.6) is 5.75 Å². The van der Waals surface area contributed by atoms with E-state index < -0.39 is 99.3 Å². The number of benzene rings is 5. The van der Waals surface area contributed by atoms with Crippen LogP contribution < -0.4 is 10.9 Å². The van der Waals surface area contributed by atoms with Crippen molar-refractivity contribution in [3.8, 4) is 5.75 Å². The Bertz CT molecular complexity index is 3130. The van der Waals surface area contributed by atoms with E-state index in [1.54, 1.807) is 6.07 Å². The molecule has 6 rings (SSSR count). The van der Waals surface area contributed by atoms with Crippen LogP contribution in [0.1, 0.15) is 0 Å². The fourth-order valence-corrected chi connectivity index (χ4v) is 7.76. The van der Waals surface area contributed by atoms with E-state index in [1.807, 2.05) is 0 Å². The molecule has 284 valence electrons. The van der Waals surface area contributed by atoms with Crippen molar-refractivity contribution in [3.05, 3.63) is 89.8 Å². The number of nitrogens with one attached hydrogen (secondary N) is 2. The summed E-state index contributed by atoms with van der Waals surface area (Å²) in [5.74, 6) is -1.37. The van der Waals surface area contributed by atoms with Gasteiger partial charge in [0.05, 0.1) is 20.9 Å². The first-order valence-corrected chi connectivity index (χ1v) is 20.5. The van der Waals surface area contributed by atoms with Crippen molar-refractivity contribution >= 4 is 221 Å². The number of aromatic nitrogens is 3. The van der Waals surface area contributed by atoms with Crippen molar-refractivity contribution in [2.75, 3.05) is 5.32 Å². The summed E-state index contributed by atoms with van der Waals surface area (Å²) in [4.78, 5) is 11.5. The Morgan fingerprint density at radius 2 is 1.26 bits per heavy atom. The average molecular weight is 930 g/mol. The van der Waals surface area contributed by atoms with Crippen LogP contribution in [0.4, 0.5) is 28.7 Å². The van der Waals surface area contributed by atoms with Gasteiger partial charge in [-0.15, -0.1) is 10.2 Å². The van der Waals surface area contributed by atoms with Gasteiger partial charge in [-0.3, -0.25) is 23.2 Å². The maximum Gasteiger partial charge on any atom is 0.297 e. The molecule has 0 atom stereocenters. The fourth-order valence-electron chi connectivity index (χ4n) is 5.08. The molecular formula is C29H20ClN7Na4O13S4. The second-order valence-corrected chi connectivity index (χ2v) is 16.8. The van der Waals surface area contributed by atoms with Crippen LogP contribution in [0.3, 0.4) is 0 Å². The summed E-state index contributed by atoms with van der Waals surface area (Å²) in [6.07, 6.45) is 0. The van der Waals surface area contributed by atoms with Crippen LogP contribution in [0.15, 0.2) is 114 Å². The number of anilines is 2. The van der Waals surface area contributed by atoms with E-state index >= 15 is 0 Å². The molecule has 20 nitrogen and oxygen atoms in total. The Morgan fingerprint density at radius 3 is 1.84 bits per heavy atom. The normalized spacial score (nSPS) is 12.3. The molecule has 4 radical (unpaired) electrons. The van der Waals surface area contributed by atoms with E-state index in [-0.39, 0.29) is 141 Å². The van der Waals surface area contributed by atoms with Crippen LogP contribution in [0.2, 0.25) is 5.28 Å². The molecule has 1 heterocycles. The minimum absolute atomic E-state index is 0. The third-order valence-electron chi connectivity index (χ3n) is 7.32. The van der Waals surface area contributed by atoms with Crippen LogP contribution >= 0.6 is 11.6 Å². The van der Waals surface area contributed by atoms with Crippen molar-refractivity contribution in [2.45, 2.75) is 19.6 Å². The number of hydrogen-bond acceptors (Lipinski definition) is 15. The fraction of sp³-hybridized carbons (Fsp3) is 0. The molecular weight excluding hydrogens is 910 g/mol. The number of nitrogens with zero attached hydrogens (tertiary/aromatic N) is 5. The molecule has 0 aliphatic carbocycles. The number of halogens is 1. The molecule has 0 aliphatic rings. The largest absolute Gasteiger partial charge is 0.505 e. The number of fused-ring (bicyclic) bond motifs is 2. The number of rotatable bonds is 9. The number of azo groups is 1. The maximum atomic E-state index is 12.5. The molecule has 0 saturated carbocycles. The number of aromatic amines is 1. The predicted molar refractivity (Wildman–Crippen MR) is 212 cm³/mol. The summed E-state index contributed by atoms with van der Waals surface area (Å²) in [6.45, 7) is 0. The summed E-state index contributed by atoms with van der Waals surface area (Å²) in [6, 6.07) is 15.3. The van der Waals surface area contributed by atoms with E-state index in [9.17, 15) is 57.0 Å². The molecule has 0 spiro atoms. The van der Waals surface area contributed by atoms with Gasteiger partial charge in [-0.1, -0.05) is 30.3 Å². The quantitative estimate of drug-likeness (QED) is 0.0621. The van der Waals surface area contributed by atoms with Crippen molar-refractivity contribution in [1.29, 1.82) is 0 Å². The van der Waals surface area contributed by atoms with Crippen molar-refractivity contribution in [3.63, 3.8) is 0 Å². The second-order valence-electron chi connectivity index (χ2n) is 10.9. The SMILES string of the molecule is O=S(=O)(O)c1ccc(Nc2nc(Cl)[nH]c(=Nc3cc(S(=O)(=O)O)cc4cc(S(=O)(=O)O)c(N=Nc5ccc6ccccc6c5S(=O)(=O)O)c(O)c34)n2)cc1.[Na].[Na].[Na].[Na]. The van der Waals surface area contributed by atoms with E-state index in [2.05, 4.69) is 35.5 Å². The molecule has 0 fully saturated rings. The van der Waals surface area contributed by atoms with Crippen molar-refractivity contribution in [2.24, 2.45) is 15.2 Å². The molecule has 0 aliphatic heterocycles. The average Bonchev–Trinajstić information content (AvgIpc) is 3.05. The summed E-state index contributed by atoms with van der Waals surface area (Å²) < 4.78 is 136. The maximum absolute atomic E-state index is 12.5. The molecule has 0 unspecified atom stereocenters. The van der Waals surface area contributed by atoms with E-state index in [1.165, 1.54) is 36.4 Å². The molecule has 0 bridgehead atoms. The number of H-pyrrole nitrogens is 1. The number of phenolic OH excluding ortho intramolecular Hbond substituents is 1. The van der Waals surface area contributed by atoms with E-state index in [0.717, 1.165) is 30.3 Å². The van der Waals surface area contributed by atoms with Gasteiger partial charge in [-0.05, 0) is 70.9 Å². The summed E-state index contributed by atoms with van der Waals surface area (Å²) in [7, 11) is -19.9. The number of hydrogen-bond donors (Lipinski definition) is 7. The van der Waals surface area contributed by atoms with Crippen LogP contribution in [0.25, 0.3) is 21.5 Å². The van der Waals surface area contributed by atoms with Gasteiger partial charge in [0.15, 0.2) is 5.75 Å². The van der Waals surface area contributed by atoms with Gasteiger partial charge in [0.25, 0.3) is 40.5 Å². The first kappa shape index (κ1) is 52.7. The van der Waals surface area contributed by atoms with Gasteiger partial charge < -0.3 is 10.4 Å². The summed E-state index contributed by atoms with van der Waals surface area (Å²) in [5.41, 5.74) is -2.29. The zero-order chi connectivity index (χ0) is 39.4. The Balaban J connectivity index is 0.00000290. The van der Waals surface area contributed by atoms with Gasteiger partial charge >= 0.3 is 0 Å². The molecule has 0 amide bonds. The summed E-state index contributed by atoms with van der Waals surface area (Å²) in [5, 5.41) is 20.8. The third-order valence-corrected chi connectivity index (χ3v) is 11.0. The smallest absolute Gasteiger partial charge is 0.297 e. The van der Waals surface area contributed by atoms with Gasteiger partial charge in [-0.25, -0.2) is 4.99 Å². The molecule has 0 saturated heterocycles. The Morgan fingerprint density at radius 1 is 0.638 bits per heavy atom. The zero-order valence-corrected chi connectivity index (χ0v) is 42.3. The topological polar surface area (TPSA) is 328 Å². The second kappa shape index (κ2) is 20.2. The standard InChI is InChI=1S/C29H20ClN7O13S4.4Na/c30-27-33-28(31-16-6-8-17(9-7-16)51(39,40)41)35-29(34-27)32-21-13-18(52(42,43)44)11-15-12-22(53(45,46)47)24(25(38)23(15)21)37-36-20-10-5-14-3-1-2-4-19(14)26(20)54(48,49)50;;;;/h1-13,38H,(H,39,40,41)(H,42,43,44)(H,45,46,47)(H,48,49,50)(H2,31,32,33,34,35);;;;. The van der Waals surface area contributed by atoms with Gasteiger partial charge in [0.1, 0.15) is 21.2 Å². The molecule has 6 aromatic rings. The minimum Gasteiger partial charge on any atom is -0.505 e. The van der Waals surface area contributed by atoms with Gasteiger partial charge in [0.2, 0.25) is 16.9 Å². The monoisotopic (exact) mass is 929 g/mol. The number of phenols is 1. The van der Waals surface area contributed by atoms with E-state index in [4.69, 9.17) is 11.6 Å². The molecule has 58 heavy (non-hydrogen) atoms. The third kappa shape index (κ3) is 12.1. The number of aromatic hydroxyl groups is 1. The first-order chi connectivity index (χ1) is 25.1. The summed E-state index contributed by atoms with van der Waals surface area (Å²) >= 11 is 6.11. The van der Waals surface area contributed by atoms with Crippen LogP contribution in [0, 0.1) is 0 Å². The van der Waals surface area contributed by atoms with Gasteiger partial charge in [-0.2, -0.15) is 43.6 Å². The van der Waals surface area contributed by atoms with Crippen molar-refractivity contribution in [1.82, 2.24) is 15.0 Å². The zero-order valence-electron chi connectivity index (χ0n) is 30.3. The van der Waals surface area contributed by atoms with E-state index in [0.29, 0.717) is 11.5 Å². The molecule has 29 heteroatoms. The predicted octanol–water partition coefficient (Wildman–Crippen LogP) is 3.33. The Labute approximate surface area is 422 Å². The van der Waals surface area contributed by atoms with Gasteiger partial charge in [0, 0.05) is 129 Å². The molecule has 1 aromatic heterocycles. The minimum atomic E-state index is -5.32. The Hall–Kier alpha value is -1.44. The van der Waals surface area contributed by atoms with Crippen molar-refractivity contribution < 1.29 is 57.0 Å². The molecule has 7 N–H and O–H groups in total.